The molecule has 2 aliphatic rings. The number of hydrogen-bond donors (Lipinski definition) is 2. The average molecular weight is 263 g/mol. The number of carboxylic acids is 1. The Bertz CT molecular complexity index is 473. The van der Waals surface area contributed by atoms with Gasteiger partial charge in [-0.1, -0.05) is 0 Å². The highest BCUT2D eigenvalue weighted by molar-refractivity contribution is 5.71. The van der Waals surface area contributed by atoms with Crippen molar-refractivity contribution in [1.82, 2.24) is 15.1 Å². The van der Waals surface area contributed by atoms with Gasteiger partial charge in [0.15, 0.2) is 0 Å². The van der Waals surface area contributed by atoms with Crippen molar-refractivity contribution in [3.63, 3.8) is 0 Å². The number of nitrogens with one attached hydrogen (secondary N) is 1. The molecule has 0 unspecified atom stereocenters. The first-order valence-electron chi connectivity index (χ1n) is 7.02. The highest BCUT2D eigenvalue weighted by atomic mass is 16.4. The molecule has 104 valence electrons. The van der Waals surface area contributed by atoms with Crippen LogP contribution in [-0.4, -0.2) is 39.3 Å². The van der Waals surface area contributed by atoms with Crippen LogP contribution in [0.5, 0.6) is 0 Å². The van der Waals surface area contributed by atoms with Crippen LogP contribution in [0.2, 0.25) is 0 Å². The molecule has 0 radical (unpaired) electrons. The van der Waals surface area contributed by atoms with Crippen LogP contribution in [0, 0.1) is 31.6 Å². The van der Waals surface area contributed by atoms with E-state index >= 15 is 0 Å². The van der Waals surface area contributed by atoms with Crippen molar-refractivity contribution < 1.29 is 9.90 Å². The van der Waals surface area contributed by atoms with E-state index < -0.39 is 5.97 Å². The number of aliphatic carboxylic acids is 1. The summed E-state index contributed by atoms with van der Waals surface area (Å²) in [7, 11) is 0. The van der Waals surface area contributed by atoms with Gasteiger partial charge in [-0.3, -0.25) is 14.8 Å². The summed E-state index contributed by atoms with van der Waals surface area (Å²) in [6, 6.07) is 0. The molecule has 19 heavy (non-hydrogen) atoms. The van der Waals surface area contributed by atoms with Crippen LogP contribution in [0.15, 0.2) is 0 Å². The Kier molecular flexibility index (Phi) is 3.09. The monoisotopic (exact) mass is 263 g/mol. The summed E-state index contributed by atoms with van der Waals surface area (Å²) < 4.78 is 0. The third kappa shape index (κ3) is 2.39. The molecular formula is C14H21N3O2. The lowest BCUT2D eigenvalue weighted by Crippen LogP contribution is -2.24. The predicted molar refractivity (Wildman–Crippen MR) is 70.7 cm³/mol. The molecular weight excluding hydrogens is 242 g/mol. The topological polar surface area (TPSA) is 69.2 Å². The predicted octanol–water partition coefficient (Wildman–Crippen LogP) is 1.57. The van der Waals surface area contributed by atoms with Gasteiger partial charge in [0.05, 0.1) is 11.6 Å². The Balaban J connectivity index is 1.71. The van der Waals surface area contributed by atoms with E-state index in [9.17, 15) is 9.90 Å². The first-order valence-corrected chi connectivity index (χ1v) is 7.02. The molecule has 2 N–H and O–H groups in total. The molecule has 1 aliphatic carbocycles. The molecule has 0 aromatic carbocycles. The number of aromatic nitrogens is 2. The van der Waals surface area contributed by atoms with E-state index in [0.717, 1.165) is 24.5 Å². The van der Waals surface area contributed by atoms with Gasteiger partial charge in [-0.2, -0.15) is 5.10 Å². The van der Waals surface area contributed by atoms with Gasteiger partial charge >= 0.3 is 5.97 Å². The number of H-pyrrole nitrogens is 1. The van der Waals surface area contributed by atoms with Crippen molar-refractivity contribution in [2.45, 2.75) is 33.2 Å². The Labute approximate surface area is 113 Å². The Hall–Kier alpha value is -1.36. The second-order valence-corrected chi connectivity index (χ2v) is 6.05. The van der Waals surface area contributed by atoms with Crippen molar-refractivity contribution in [1.29, 1.82) is 0 Å². The fourth-order valence-electron chi connectivity index (χ4n) is 3.34. The van der Waals surface area contributed by atoms with E-state index in [1.165, 1.54) is 18.4 Å². The number of aromatic amines is 1. The van der Waals surface area contributed by atoms with E-state index in [4.69, 9.17) is 0 Å². The summed E-state index contributed by atoms with van der Waals surface area (Å²) in [6.45, 7) is 6.45. The molecule has 1 aromatic rings. The number of aryl methyl sites for hydroxylation is 2. The highest BCUT2D eigenvalue weighted by Crippen LogP contribution is 2.44. The number of hydrogen-bond acceptors (Lipinski definition) is 3. The summed E-state index contributed by atoms with van der Waals surface area (Å²) >= 11 is 0. The number of nitrogens with zero attached hydrogens (tertiary/aromatic N) is 2. The maximum atomic E-state index is 11.4. The van der Waals surface area contributed by atoms with Crippen LogP contribution in [0.4, 0.5) is 0 Å². The lowest BCUT2D eigenvalue weighted by atomic mass is 9.92. The van der Waals surface area contributed by atoms with E-state index in [0.29, 0.717) is 18.4 Å². The number of rotatable bonds is 4. The van der Waals surface area contributed by atoms with Crippen LogP contribution in [0.1, 0.15) is 29.8 Å². The minimum atomic E-state index is -0.625. The molecule has 0 amide bonds. The van der Waals surface area contributed by atoms with Gasteiger partial charge in [0.1, 0.15) is 0 Å². The van der Waals surface area contributed by atoms with Crippen molar-refractivity contribution >= 4 is 5.97 Å². The molecule has 1 aromatic heterocycles. The first kappa shape index (κ1) is 12.7. The zero-order valence-electron chi connectivity index (χ0n) is 11.5. The molecule has 1 aliphatic heterocycles. The van der Waals surface area contributed by atoms with Gasteiger partial charge in [0.2, 0.25) is 0 Å². The number of likely N-dealkylation sites (tertiary alicyclic amines) is 1. The molecule has 2 heterocycles. The van der Waals surface area contributed by atoms with Crippen molar-refractivity contribution in [3.05, 3.63) is 17.0 Å². The fraction of sp³-hybridized carbons (Fsp3) is 0.714. The summed E-state index contributed by atoms with van der Waals surface area (Å²) in [5, 5.41) is 16.6. The zero-order chi connectivity index (χ0) is 13.6. The Morgan fingerprint density at radius 2 is 2.16 bits per heavy atom. The smallest absolute Gasteiger partial charge is 0.308 e. The molecule has 5 nitrogen and oxygen atoms in total. The zero-order valence-corrected chi connectivity index (χ0v) is 11.5. The molecule has 1 saturated carbocycles. The molecule has 3 rings (SSSR count). The quantitative estimate of drug-likeness (QED) is 0.865. The molecule has 0 bridgehead atoms. The van der Waals surface area contributed by atoms with Crippen LogP contribution < -0.4 is 0 Å². The molecule has 0 spiro atoms. The Morgan fingerprint density at radius 3 is 2.68 bits per heavy atom. The molecule has 2 atom stereocenters. The minimum Gasteiger partial charge on any atom is -0.481 e. The van der Waals surface area contributed by atoms with Gasteiger partial charge in [-0.15, -0.1) is 0 Å². The molecule has 2 fully saturated rings. The van der Waals surface area contributed by atoms with Gasteiger partial charge in [-0.25, -0.2) is 0 Å². The van der Waals surface area contributed by atoms with E-state index in [1.54, 1.807) is 0 Å². The summed E-state index contributed by atoms with van der Waals surface area (Å²) in [4.78, 5) is 13.7. The van der Waals surface area contributed by atoms with Crippen molar-refractivity contribution in [2.24, 2.45) is 17.8 Å². The van der Waals surface area contributed by atoms with Gasteiger partial charge < -0.3 is 5.11 Å². The Morgan fingerprint density at radius 1 is 1.42 bits per heavy atom. The summed E-state index contributed by atoms with van der Waals surface area (Å²) in [5.74, 6) is 0.197. The van der Waals surface area contributed by atoms with E-state index in [1.807, 2.05) is 13.8 Å². The third-order valence-electron chi connectivity index (χ3n) is 4.65. The van der Waals surface area contributed by atoms with Gasteiger partial charge in [0.25, 0.3) is 0 Å². The maximum Gasteiger partial charge on any atom is 0.308 e. The normalized spacial score (nSPS) is 27.9. The second-order valence-electron chi connectivity index (χ2n) is 6.05. The van der Waals surface area contributed by atoms with Crippen molar-refractivity contribution in [2.75, 3.05) is 13.1 Å². The highest BCUT2D eigenvalue weighted by Gasteiger charge is 2.45. The number of carbonyl (C=O) groups is 1. The number of carboxylic acid groups (broad SMARTS) is 1. The van der Waals surface area contributed by atoms with Gasteiger partial charge in [-0.05, 0) is 38.5 Å². The molecule has 5 heteroatoms. The van der Waals surface area contributed by atoms with Crippen LogP contribution >= 0.6 is 0 Å². The SMILES string of the molecule is Cc1n[nH]c(C)c1CN1C[C@@H](C(=O)O)[C@H](C2CC2)C1. The maximum absolute atomic E-state index is 11.4. The first-order chi connectivity index (χ1) is 9.06. The van der Waals surface area contributed by atoms with Crippen LogP contribution in [0.25, 0.3) is 0 Å². The fourth-order valence-corrected chi connectivity index (χ4v) is 3.34. The molecule has 1 saturated heterocycles. The second kappa shape index (κ2) is 4.63. The largest absolute Gasteiger partial charge is 0.481 e. The van der Waals surface area contributed by atoms with E-state index in [-0.39, 0.29) is 5.92 Å². The standard InChI is InChI=1S/C14H21N3O2/c1-8-11(9(2)16-15-8)5-17-6-12(10-3-4-10)13(7-17)14(18)19/h10,12-13H,3-7H2,1-2H3,(H,15,16)(H,18,19)/t12-,13+/m0/s1. The average Bonchev–Trinajstić information content (AvgIpc) is 3.05. The van der Waals surface area contributed by atoms with Crippen molar-refractivity contribution in [3.8, 4) is 0 Å². The third-order valence-corrected chi connectivity index (χ3v) is 4.65. The van der Waals surface area contributed by atoms with E-state index in [2.05, 4.69) is 15.1 Å². The van der Waals surface area contributed by atoms with Crippen LogP contribution in [-0.2, 0) is 11.3 Å². The minimum absolute atomic E-state index is 0.181. The van der Waals surface area contributed by atoms with Gasteiger partial charge in [0, 0.05) is 30.9 Å². The lowest BCUT2D eigenvalue weighted by Gasteiger charge is -2.15. The van der Waals surface area contributed by atoms with Crippen LogP contribution in [0.3, 0.4) is 0 Å². The summed E-state index contributed by atoms with van der Waals surface area (Å²) in [5.41, 5.74) is 3.35. The lowest BCUT2D eigenvalue weighted by molar-refractivity contribution is -0.142. The summed E-state index contributed by atoms with van der Waals surface area (Å²) in [6.07, 6.45) is 2.43.